The minimum atomic E-state index is -0.195. The minimum Gasteiger partial charge on any atom is -0.496 e. The Hall–Kier alpha value is -3.17. The van der Waals surface area contributed by atoms with Crippen LogP contribution in [-0.2, 0) is 0 Å². The summed E-state index contributed by atoms with van der Waals surface area (Å²) in [6, 6.07) is 11.1. The predicted octanol–water partition coefficient (Wildman–Crippen LogP) is 2.33. The first-order chi connectivity index (χ1) is 15.2. The van der Waals surface area contributed by atoms with Gasteiger partial charge in [-0.25, -0.2) is 0 Å². The summed E-state index contributed by atoms with van der Waals surface area (Å²) < 4.78 is 5.36. The highest BCUT2D eigenvalue weighted by atomic mass is 32.1. The maximum absolute atomic E-state index is 12.5. The van der Waals surface area contributed by atoms with Gasteiger partial charge in [0.2, 0.25) is 0 Å². The topological polar surface area (TPSA) is 90.6 Å². The fourth-order valence-corrected chi connectivity index (χ4v) is 4.23. The van der Waals surface area contributed by atoms with Crippen LogP contribution >= 0.6 is 11.3 Å². The second kappa shape index (κ2) is 9.76. The molecule has 1 aliphatic rings. The van der Waals surface area contributed by atoms with Crippen molar-refractivity contribution >= 4 is 23.2 Å². The number of piperazine rings is 1. The largest absolute Gasteiger partial charge is 0.496 e. The quantitative estimate of drug-likeness (QED) is 0.590. The first-order valence-electron chi connectivity index (χ1n) is 10.2. The number of benzene rings is 1. The molecule has 0 atom stereocenters. The fourth-order valence-electron chi connectivity index (χ4n) is 3.60. The molecule has 1 saturated heterocycles. The third kappa shape index (κ3) is 4.95. The van der Waals surface area contributed by atoms with Crippen molar-refractivity contribution < 1.29 is 14.3 Å². The van der Waals surface area contributed by atoms with E-state index in [4.69, 9.17) is 4.74 Å². The number of para-hydroxylation sites is 1. The lowest BCUT2D eigenvalue weighted by atomic mass is 10.1. The highest BCUT2D eigenvalue weighted by Crippen LogP contribution is 2.28. The second-order valence-electron chi connectivity index (χ2n) is 7.27. The molecule has 1 aliphatic heterocycles. The number of hydrogen-bond donors (Lipinski definition) is 2. The van der Waals surface area contributed by atoms with Gasteiger partial charge < -0.3 is 15.0 Å². The number of carbonyl (C=O) groups is 2. The lowest BCUT2D eigenvalue weighted by molar-refractivity contribution is 0.0638. The summed E-state index contributed by atoms with van der Waals surface area (Å²) in [5.41, 5.74) is 2.66. The molecule has 0 radical (unpaired) electrons. The van der Waals surface area contributed by atoms with E-state index in [9.17, 15) is 9.59 Å². The van der Waals surface area contributed by atoms with Crippen LogP contribution in [0, 0.1) is 0 Å². The number of aromatic amines is 1. The molecule has 1 aromatic carbocycles. The van der Waals surface area contributed by atoms with E-state index in [1.165, 1.54) is 11.3 Å². The number of nitrogens with one attached hydrogen (secondary N) is 2. The van der Waals surface area contributed by atoms with Gasteiger partial charge in [0, 0.05) is 50.2 Å². The Labute approximate surface area is 184 Å². The molecule has 2 N–H and O–H groups in total. The fraction of sp³-hybridized carbons (Fsp3) is 0.318. The predicted molar refractivity (Wildman–Crippen MR) is 120 cm³/mol. The molecule has 162 valence electrons. The van der Waals surface area contributed by atoms with Crippen LogP contribution in [0.1, 0.15) is 20.8 Å². The monoisotopic (exact) mass is 439 g/mol. The summed E-state index contributed by atoms with van der Waals surface area (Å²) in [5.74, 6) is 0.608. The molecule has 0 aliphatic carbocycles. The number of hydrogen-bond acceptors (Lipinski definition) is 6. The Morgan fingerprint density at radius 3 is 2.74 bits per heavy atom. The van der Waals surface area contributed by atoms with Gasteiger partial charge in [0.05, 0.1) is 18.4 Å². The highest BCUT2D eigenvalue weighted by molar-refractivity contribution is 7.08. The maximum atomic E-state index is 12.5. The van der Waals surface area contributed by atoms with E-state index in [0.29, 0.717) is 36.8 Å². The smallest absolute Gasteiger partial charge is 0.269 e. The Morgan fingerprint density at radius 2 is 2.00 bits per heavy atom. The molecule has 0 saturated carbocycles. The minimum absolute atomic E-state index is 0.0966. The molecule has 0 unspecified atom stereocenters. The lowest BCUT2D eigenvalue weighted by Gasteiger charge is -2.34. The molecule has 9 heteroatoms. The normalized spacial score (nSPS) is 14.4. The Bertz CT molecular complexity index is 1030. The van der Waals surface area contributed by atoms with Crippen molar-refractivity contribution in [2.24, 2.45) is 0 Å². The van der Waals surface area contributed by atoms with Crippen molar-refractivity contribution in [3.05, 3.63) is 58.4 Å². The van der Waals surface area contributed by atoms with Crippen LogP contribution in [-0.4, -0.2) is 78.2 Å². The second-order valence-corrected chi connectivity index (χ2v) is 8.05. The summed E-state index contributed by atoms with van der Waals surface area (Å²) in [7, 11) is 1.61. The standard InChI is InChI=1S/C22H25N5O3S/c1-30-20-5-3-2-4-17(20)18-14-19(25-24-18)21(28)23-7-8-26-9-11-27(12-10-26)22(29)16-6-13-31-15-16/h2-6,13-15H,7-12H2,1H3,(H,23,28)(H,24,25). The number of amides is 2. The van der Waals surface area contributed by atoms with Crippen molar-refractivity contribution in [2.45, 2.75) is 0 Å². The van der Waals surface area contributed by atoms with Crippen molar-refractivity contribution in [3.8, 4) is 17.0 Å². The van der Waals surface area contributed by atoms with Crippen LogP contribution in [0.2, 0.25) is 0 Å². The van der Waals surface area contributed by atoms with Gasteiger partial charge in [0.15, 0.2) is 0 Å². The van der Waals surface area contributed by atoms with E-state index >= 15 is 0 Å². The average Bonchev–Trinajstić information content (AvgIpc) is 3.51. The summed E-state index contributed by atoms with van der Waals surface area (Å²) in [5, 5.41) is 13.8. The molecule has 0 spiro atoms. The van der Waals surface area contributed by atoms with Crippen molar-refractivity contribution in [1.82, 2.24) is 25.3 Å². The zero-order valence-electron chi connectivity index (χ0n) is 17.3. The first kappa shape index (κ1) is 21.1. The number of methoxy groups -OCH3 is 1. The molecule has 8 nitrogen and oxygen atoms in total. The number of carbonyl (C=O) groups excluding carboxylic acids is 2. The molecular formula is C22H25N5O3S. The molecule has 3 heterocycles. The lowest BCUT2D eigenvalue weighted by Crippen LogP contribution is -2.50. The Kier molecular flexibility index (Phi) is 6.63. The number of H-pyrrole nitrogens is 1. The van der Waals surface area contributed by atoms with Gasteiger partial charge in [0.1, 0.15) is 11.4 Å². The number of aromatic nitrogens is 2. The maximum Gasteiger partial charge on any atom is 0.269 e. The molecule has 31 heavy (non-hydrogen) atoms. The SMILES string of the molecule is COc1ccccc1-c1cc(C(=O)NCCN2CCN(C(=O)c3ccsc3)CC2)[nH]n1. The third-order valence-corrected chi connectivity index (χ3v) is 6.03. The number of ether oxygens (including phenoxy) is 1. The van der Waals surface area contributed by atoms with Gasteiger partial charge in [-0.1, -0.05) is 12.1 Å². The summed E-state index contributed by atoms with van der Waals surface area (Å²) in [6.45, 7) is 4.26. The number of thiophene rings is 1. The highest BCUT2D eigenvalue weighted by Gasteiger charge is 2.22. The summed E-state index contributed by atoms with van der Waals surface area (Å²) in [4.78, 5) is 29.0. The number of rotatable bonds is 7. The molecular weight excluding hydrogens is 414 g/mol. The van der Waals surface area contributed by atoms with Gasteiger partial charge in [-0.2, -0.15) is 16.4 Å². The van der Waals surface area contributed by atoms with E-state index in [1.54, 1.807) is 13.2 Å². The van der Waals surface area contributed by atoms with E-state index in [1.807, 2.05) is 46.0 Å². The summed E-state index contributed by atoms with van der Waals surface area (Å²) in [6.07, 6.45) is 0. The zero-order valence-corrected chi connectivity index (χ0v) is 18.2. The van der Waals surface area contributed by atoms with Gasteiger partial charge in [-0.3, -0.25) is 19.6 Å². The van der Waals surface area contributed by atoms with Gasteiger partial charge in [-0.05, 0) is 29.6 Å². The van der Waals surface area contributed by atoms with Crippen LogP contribution in [0.4, 0.5) is 0 Å². The first-order valence-corrected chi connectivity index (χ1v) is 11.1. The summed E-state index contributed by atoms with van der Waals surface area (Å²) >= 11 is 1.53. The van der Waals surface area contributed by atoms with E-state index < -0.39 is 0 Å². The molecule has 0 bridgehead atoms. The van der Waals surface area contributed by atoms with Gasteiger partial charge in [-0.15, -0.1) is 0 Å². The Morgan fingerprint density at radius 1 is 1.19 bits per heavy atom. The van der Waals surface area contributed by atoms with Gasteiger partial charge in [0.25, 0.3) is 11.8 Å². The van der Waals surface area contributed by atoms with Crippen molar-refractivity contribution in [3.63, 3.8) is 0 Å². The van der Waals surface area contributed by atoms with Crippen molar-refractivity contribution in [2.75, 3.05) is 46.4 Å². The molecule has 4 rings (SSSR count). The van der Waals surface area contributed by atoms with Crippen molar-refractivity contribution in [1.29, 1.82) is 0 Å². The van der Waals surface area contributed by atoms with E-state index in [0.717, 1.165) is 30.8 Å². The van der Waals surface area contributed by atoms with E-state index in [-0.39, 0.29) is 11.8 Å². The van der Waals surface area contributed by atoms with Gasteiger partial charge >= 0.3 is 0 Å². The number of nitrogens with zero attached hydrogens (tertiary/aromatic N) is 3. The van der Waals surface area contributed by atoms with Crippen LogP contribution in [0.5, 0.6) is 5.75 Å². The zero-order chi connectivity index (χ0) is 21.6. The molecule has 2 aromatic heterocycles. The third-order valence-electron chi connectivity index (χ3n) is 5.35. The average molecular weight is 440 g/mol. The van der Waals surface area contributed by atoms with Crippen LogP contribution in [0.3, 0.4) is 0 Å². The van der Waals surface area contributed by atoms with E-state index in [2.05, 4.69) is 20.4 Å². The van der Waals surface area contributed by atoms with Crippen LogP contribution in [0.15, 0.2) is 47.2 Å². The molecule has 1 fully saturated rings. The molecule has 3 aromatic rings. The van der Waals surface area contributed by atoms with Crippen LogP contribution in [0.25, 0.3) is 11.3 Å². The Balaban J connectivity index is 1.23. The molecule has 2 amide bonds. The van der Waals surface area contributed by atoms with Crippen LogP contribution < -0.4 is 10.1 Å².